The summed E-state index contributed by atoms with van der Waals surface area (Å²) in [6.07, 6.45) is 0.879. The highest BCUT2D eigenvalue weighted by molar-refractivity contribution is 5.69. The van der Waals surface area contributed by atoms with E-state index in [9.17, 15) is 4.79 Å². The van der Waals surface area contributed by atoms with Gasteiger partial charge in [0.1, 0.15) is 5.60 Å². The van der Waals surface area contributed by atoms with Crippen LogP contribution in [0.5, 0.6) is 0 Å². The standard InChI is InChI=1S/C10H18N2O2/c1-10(2,3)14-9(13)12-8-6-4-5-11-7(6)8/h6-8,11H,4-5H2,1-3H3,(H,12,13). The molecule has 1 aliphatic heterocycles. The zero-order valence-electron chi connectivity index (χ0n) is 8.96. The predicted octanol–water partition coefficient (Wildman–Crippen LogP) is 0.871. The number of hydrogen-bond donors (Lipinski definition) is 2. The van der Waals surface area contributed by atoms with Gasteiger partial charge in [-0.2, -0.15) is 0 Å². The molecule has 1 heterocycles. The maximum Gasteiger partial charge on any atom is 0.407 e. The number of amides is 1. The van der Waals surface area contributed by atoms with Gasteiger partial charge in [0.2, 0.25) is 0 Å². The third-order valence-corrected chi connectivity index (χ3v) is 2.71. The van der Waals surface area contributed by atoms with Crippen molar-refractivity contribution < 1.29 is 9.53 Å². The highest BCUT2D eigenvalue weighted by Crippen LogP contribution is 2.38. The lowest BCUT2D eigenvalue weighted by Gasteiger charge is -2.20. The molecule has 3 unspecified atom stereocenters. The SMILES string of the molecule is CC(C)(C)OC(=O)NC1C2CCNC21. The molecule has 1 aliphatic carbocycles. The molecule has 1 amide bonds. The van der Waals surface area contributed by atoms with Gasteiger partial charge in [0.05, 0.1) is 6.04 Å². The summed E-state index contributed by atoms with van der Waals surface area (Å²) in [6, 6.07) is 0.807. The first-order chi connectivity index (χ1) is 6.47. The Morgan fingerprint density at radius 1 is 1.50 bits per heavy atom. The van der Waals surface area contributed by atoms with Gasteiger partial charge < -0.3 is 15.4 Å². The van der Waals surface area contributed by atoms with E-state index in [1.54, 1.807) is 0 Å². The molecule has 1 saturated carbocycles. The molecular formula is C10H18N2O2. The summed E-state index contributed by atoms with van der Waals surface area (Å²) in [4.78, 5) is 11.4. The predicted molar refractivity (Wildman–Crippen MR) is 53.1 cm³/mol. The van der Waals surface area contributed by atoms with Crippen molar-refractivity contribution in [2.45, 2.75) is 44.9 Å². The zero-order valence-corrected chi connectivity index (χ0v) is 8.96. The number of carbonyl (C=O) groups is 1. The van der Waals surface area contributed by atoms with E-state index in [2.05, 4.69) is 10.6 Å². The van der Waals surface area contributed by atoms with Crippen LogP contribution in [0.1, 0.15) is 27.2 Å². The Hall–Kier alpha value is -0.770. The lowest BCUT2D eigenvalue weighted by Crippen LogP contribution is -2.37. The lowest BCUT2D eigenvalue weighted by atomic mass is 10.2. The van der Waals surface area contributed by atoms with Gasteiger partial charge in [-0.15, -0.1) is 0 Å². The van der Waals surface area contributed by atoms with Crippen molar-refractivity contribution in [1.29, 1.82) is 0 Å². The van der Waals surface area contributed by atoms with Gasteiger partial charge in [0.25, 0.3) is 0 Å². The topological polar surface area (TPSA) is 50.4 Å². The van der Waals surface area contributed by atoms with Gasteiger partial charge in [-0.05, 0) is 39.7 Å². The molecule has 2 rings (SSSR count). The Kier molecular flexibility index (Phi) is 2.18. The van der Waals surface area contributed by atoms with Gasteiger partial charge in [-0.1, -0.05) is 0 Å². The molecule has 1 saturated heterocycles. The summed E-state index contributed by atoms with van der Waals surface area (Å²) in [5.41, 5.74) is -0.401. The summed E-state index contributed by atoms with van der Waals surface area (Å²) in [7, 11) is 0. The van der Waals surface area contributed by atoms with Gasteiger partial charge in [0, 0.05) is 6.04 Å². The number of alkyl carbamates (subject to hydrolysis) is 1. The van der Waals surface area contributed by atoms with Crippen LogP contribution in [0, 0.1) is 5.92 Å². The summed E-state index contributed by atoms with van der Waals surface area (Å²) < 4.78 is 5.18. The lowest BCUT2D eigenvalue weighted by molar-refractivity contribution is 0.0518. The van der Waals surface area contributed by atoms with Crippen LogP contribution < -0.4 is 10.6 Å². The average Bonchev–Trinajstić information content (AvgIpc) is 2.50. The fourth-order valence-electron chi connectivity index (χ4n) is 2.07. The van der Waals surface area contributed by atoms with Crippen LogP contribution in [-0.4, -0.2) is 30.3 Å². The van der Waals surface area contributed by atoms with E-state index in [1.807, 2.05) is 20.8 Å². The molecule has 2 aliphatic rings. The second-order valence-corrected chi connectivity index (χ2v) is 5.10. The van der Waals surface area contributed by atoms with Gasteiger partial charge in [0.15, 0.2) is 0 Å². The van der Waals surface area contributed by atoms with Crippen molar-refractivity contribution in [3.05, 3.63) is 0 Å². The molecule has 3 atom stereocenters. The van der Waals surface area contributed by atoms with Crippen LogP contribution in [0.4, 0.5) is 4.79 Å². The minimum atomic E-state index is -0.401. The Labute approximate surface area is 84.4 Å². The molecule has 14 heavy (non-hydrogen) atoms. The van der Waals surface area contributed by atoms with E-state index < -0.39 is 5.60 Å². The summed E-state index contributed by atoms with van der Waals surface area (Å²) in [5.74, 6) is 0.641. The number of rotatable bonds is 1. The number of nitrogens with one attached hydrogen (secondary N) is 2. The van der Waals surface area contributed by atoms with E-state index in [-0.39, 0.29) is 6.09 Å². The minimum absolute atomic E-state index is 0.293. The van der Waals surface area contributed by atoms with E-state index in [4.69, 9.17) is 4.74 Å². The van der Waals surface area contributed by atoms with Crippen LogP contribution in [0.3, 0.4) is 0 Å². The van der Waals surface area contributed by atoms with E-state index >= 15 is 0 Å². The maximum absolute atomic E-state index is 11.4. The average molecular weight is 198 g/mol. The molecule has 0 spiro atoms. The van der Waals surface area contributed by atoms with Crippen molar-refractivity contribution in [1.82, 2.24) is 10.6 Å². The molecule has 4 heteroatoms. The number of piperidine rings is 1. The normalized spacial score (nSPS) is 34.9. The Bertz CT molecular complexity index is 237. The van der Waals surface area contributed by atoms with Gasteiger partial charge in [-0.3, -0.25) is 0 Å². The smallest absolute Gasteiger partial charge is 0.407 e. The van der Waals surface area contributed by atoms with Crippen molar-refractivity contribution in [2.75, 3.05) is 6.54 Å². The molecule has 80 valence electrons. The summed E-state index contributed by atoms with van der Waals surface area (Å²) in [6.45, 7) is 6.71. The second kappa shape index (κ2) is 3.12. The molecule has 0 bridgehead atoms. The van der Waals surface area contributed by atoms with Crippen molar-refractivity contribution in [3.8, 4) is 0 Å². The van der Waals surface area contributed by atoms with Crippen LogP contribution >= 0.6 is 0 Å². The molecule has 0 aromatic rings. The second-order valence-electron chi connectivity index (χ2n) is 5.10. The van der Waals surface area contributed by atoms with Gasteiger partial charge in [-0.25, -0.2) is 4.79 Å². The van der Waals surface area contributed by atoms with E-state index in [0.29, 0.717) is 18.0 Å². The summed E-state index contributed by atoms with van der Waals surface area (Å²) in [5, 5.41) is 6.23. The van der Waals surface area contributed by atoms with Crippen molar-refractivity contribution in [3.63, 3.8) is 0 Å². The van der Waals surface area contributed by atoms with E-state index in [1.165, 1.54) is 6.42 Å². The van der Waals surface area contributed by atoms with Crippen LogP contribution in [0.25, 0.3) is 0 Å². The zero-order chi connectivity index (χ0) is 10.3. The molecular weight excluding hydrogens is 180 g/mol. The Balaban J connectivity index is 1.74. The highest BCUT2D eigenvalue weighted by Gasteiger charge is 2.54. The Morgan fingerprint density at radius 3 is 2.71 bits per heavy atom. The largest absolute Gasteiger partial charge is 0.444 e. The number of ether oxygens (including phenoxy) is 1. The first kappa shape index (κ1) is 9.77. The quantitative estimate of drug-likeness (QED) is 0.657. The molecule has 2 N–H and O–H groups in total. The molecule has 0 aromatic heterocycles. The number of fused-ring (bicyclic) bond motifs is 1. The minimum Gasteiger partial charge on any atom is -0.444 e. The molecule has 0 radical (unpaired) electrons. The fraction of sp³-hybridized carbons (Fsp3) is 0.900. The molecule has 2 fully saturated rings. The van der Waals surface area contributed by atoms with Crippen LogP contribution in [0.2, 0.25) is 0 Å². The van der Waals surface area contributed by atoms with Crippen LogP contribution in [0.15, 0.2) is 0 Å². The third-order valence-electron chi connectivity index (χ3n) is 2.71. The molecule has 0 aromatic carbocycles. The van der Waals surface area contributed by atoms with Crippen molar-refractivity contribution in [2.24, 2.45) is 5.92 Å². The number of hydrogen-bond acceptors (Lipinski definition) is 3. The Morgan fingerprint density at radius 2 is 2.21 bits per heavy atom. The first-order valence-corrected chi connectivity index (χ1v) is 5.20. The van der Waals surface area contributed by atoms with Gasteiger partial charge >= 0.3 is 6.09 Å². The van der Waals surface area contributed by atoms with Crippen molar-refractivity contribution >= 4 is 6.09 Å². The third kappa shape index (κ3) is 2.00. The first-order valence-electron chi connectivity index (χ1n) is 5.20. The fourth-order valence-corrected chi connectivity index (χ4v) is 2.07. The monoisotopic (exact) mass is 198 g/mol. The van der Waals surface area contributed by atoms with Crippen LogP contribution in [-0.2, 0) is 4.74 Å². The number of carbonyl (C=O) groups excluding carboxylic acids is 1. The molecule has 4 nitrogen and oxygen atoms in total. The maximum atomic E-state index is 11.4. The van der Waals surface area contributed by atoms with E-state index in [0.717, 1.165) is 6.54 Å². The summed E-state index contributed by atoms with van der Waals surface area (Å²) >= 11 is 0. The highest BCUT2D eigenvalue weighted by atomic mass is 16.6.